The van der Waals surface area contributed by atoms with Crippen LogP contribution in [0.25, 0.3) is 0 Å². The molecule has 0 bridgehead atoms. The molecule has 0 aliphatic carbocycles. The number of hydrogen-bond acceptors (Lipinski definition) is 2. The zero-order valence-electron chi connectivity index (χ0n) is 8.68. The molecule has 2 nitrogen and oxygen atoms in total. The Kier molecular flexibility index (Phi) is 3.73. The summed E-state index contributed by atoms with van der Waals surface area (Å²) >= 11 is 7.95. The topological polar surface area (TPSA) is 38.0 Å². The molecule has 0 unspecified atom stereocenters. The Morgan fingerprint density at radius 2 is 1.88 bits per heavy atom. The molecule has 0 aliphatic heterocycles. The monoisotopic (exact) mass is 362 g/mol. The van der Waals surface area contributed by atoms with Gasteiger partial charge in [0.05, 0.1) is 17.1 Å². The molecule has 2 aromatic rings. The van der Waals surface area contributed by atoms with Crippen LogP contribution in [0.15, 0.2) is 36.4 Å². The number of hydrogen-bond donors (Lipinski definition) is 2. The molecule has 0 atom stereocenters. The largest absolute Gasteiger partial charge is 0.397 e. The summed E-state index contributed by atoms with van der Waals surface area (Å²) < 4.78 is 13.7. The van der Waals surface area contributed by atoms with Crippen molar-refractivity contribution < 1.29 is 4.39 Å². The van der Waals surface area contributed by atoms with E-state index < -0.39 is 0 Å². The van der Waals surface area contributed by atoms with Gasteiger partial charge in [0.25, 0.3) is 0 Å². The maximum absolute atomic E-state index is 13.0. The highest BCUT2D eigenvalue weighted by Crippen LogP contribution is 2.29. The summed E-state index contributed by atoms with van der Waals surface area (Å²) in [7, 11) is 0. The summed E-state index contributed by atoms with van der Waals surface area (Å²) in [5, 5.41) is 3.72. The molecular weight excluding hydrogens is 354 g/mol. The molecule has 0 aromatic heterocycles. The SMILES string of the molecule is Nc1ccc(Cl)cc1Nc1ccc(F)cc1I. The molecule has 0 spiro atoms. The third-order valence-electron chi connectivity index (χ3n) is 2.22. The van der Waals surface area contributed by atoms with E-state index in [9.17, 15) is 4.39 Å². The van der Waals surface area contributed by atoms with Gasteiger partial charge in [-0.1, -0.05) is 11.6 Å². The van der Waals surface area contributed by atoms with Crippen molar-refractivity contribution in [3.8, 4) is 0 Å². The lowest BCUT2D eigenvalue weighted by molar-refractivity contribution is 0.627. The zero-order valence-corrected chi connectivity index (χ0v) is 11.6. The van der Waals surface area contributed by atoms with Crippen molar-refractivity contribution in [3.63, 3.8) is 0 Å². The fourth-order valence-corrected chi connectivity index (χ4v) is 2.16. The van der Waals surface area contributed by atoms with E-state index in [0.717, 1.165) is 9.26 Å². The fourth-order valence-electron chi connectivity index (χ4n) is 1.37. The standard InChI is InChI=1S/C12H9ClFIN2/c13-7-1-3-10(16)12(5-7)17-11-4-2-8(14)6-9(11)15/h1-6,17H,16H2. The second kappa shape index (κ2) is 5.10. The van der Waals surface area contributed by atoms with E-state index in [4.69, 9.17) is 17.3 Å². The second-order valence-electron chi connectivity index (χ2n) is 3.48. The molecule has 0 heterocycles. The third kappa shape index (κ3) is 3.01. The summed E-state index contributed by atoms with van der Waals surface area (Å²) in [6.07, 6.45) is 0. The summed E-state index contributed by atoms with van der Waals surface area (Å²) in [4.78, 5) is 0. The van der Waals surface area contributed by atoms with Gasteiger partial charge in [-0.05, 0) is 59.0 Å². The van der Waals surface area contributed by atoms with Gasteiger partial charge < -0.3 is 11.1 Å². The second-order valence-corrected chi connectivity index (χ2v) is 5.08. The number of nitrogen functional groups attached to an aromatic ring is 1. The van der Waals surface area contributed by atoms with Crippen molar-refractivity contribution in [2.24, 2.45) is 0 Å². The van der Waals surface area contributed by atoms with E-state index in [1.165, 1.54) is 12.1 Å². The van der Waals surface area contributed by atoms with Gasteiger partial charge in [-0.15, -0.1) is 0 Å². The number of nitrogens with one attached hydrogen (secondary N) is 1. The highest BCUT2D eigenvalue weighted by atomic mass is 127. The van der Waals surface area contributed by atoms with E-state index in [-0.39, 0.29) is 5.82 Å². The van der Waals surface area contributed by atoms with Crippen LogP contribution in [0.1, 0.15) is 0 Å². The normalized spacial score (nSPS) is 10.3. The lowest BCUT2D eigenvalue weighted by atomic mass is 10.2. The fraction of sp³-hybridized carbons (Fsp3) is 0. The minimum absolute atomic E-state index is 0.265. The number of rotatable bonds is 2. The number of anilines is 3. The van der Waals surface area contributed by atoms with Crippen LogP contribution in [0, 0.1) is 9.39 Å². The first-order chi connectivity index (χ1) is 8.06. The van der Waals surface area contributed by atoms with Crippen LogP contribution < -0.4 is 11.1 Å². The highest BCUT2D eigenvalue weighted by molar-refractivity contribution is 14.1. The molecule has 88 valence electrons. The Morgan fingerprint density at radius 1 is 1.12 bits per heavy atom. The molecule has 0 radical (unpaired) electrons. The van der Waals surface area contributed by atoms with Crippen molar-refractivity contribution in [2.45, 2.75) is 0 Å². The molecular formula is C12H9ClFIN2. The van der Waals surface area contributed by atoms with E-state index in [1.807, 2.05) is 0 Å². The van der Waals surface area contributed by atoms with Gasteiger partial charge in [-0.25, -0.2) is 4.39 Å². The Bertz CT molecular complexity index is 560. The van der Waals surface area contributed by atoms with Gasteiger partial charge in [0.15, 0.2) is 0 Å². The predicted octanol–water partition coefficient (Wildman–Crippen LogP) is 4.41. The Hall–Kier alpha value is -1.01. The first-order valence-electron chi connectivity index (χ1n) is 4.83. The van der Waals surface area contributed by atoms with Crippen LogP contribution in [-0.4, -0.2) is 0 Å². The molecule has 3 N–H and O–H groups in total. The maximum atomic E-state index is 13.0. The predicted molar refractivity (Wildman–Crippen MR) is 78.3 cm³/mol. The highest BCUT2D eigenvalue weighted by Gasteiger charge is 2.05. The molecule has 0 amide bonds. The smallest absolute Gasteiger partial charge is 0.124 e. The first kappa shape index (κ1) is 12.4. The summed E-state index contributed by atoms with van der Waals surface area (Å²) in [5.41, 5.74) is 7.91. The van der Waals surface area contributed by atoms with Crippen LogP contribution in [-0.2, 0) is 0 Å². The maximum Gasteiger partial charge on any atom is 0.124 e. The van der Waals surface area contributed by atoms with Gasteiger partial charge in [0.2, 0.25) is 0 Å². The van der Waals surface area contributed by atoms with Crippen molar-refractivity contribution in [3.05, 3.63) is 50.8 Å². The van der Waals surface area contributed by atoms with E-state index in [0.29, 0.717) is 16.4 Å². The molecule has 2 aromatic carbocycles. The van der Waals surface area contributed by atoms with Crippen molar-refractivity contribution in [2.75, 3.05) is 11.1 Å². The van der Waals surface area contributed by atoms with E-state index in [2.05, 4.69) is 27.9 Å². The van der Waals surface area contributed by atoms with Gasteiger partial charge in [0.1, 0.15) is 5.82 Å². The Balaban J connectivity index is 2.34. The summed E-state index contributed by atoms with van der Waals surface area (Å²) in [5.74, 6) is -0.265. The van der Waals surface area contributed by atoms with E-state index in [1.54, 1.807) is 24.3 Å². The third-order valence-corrected chi connectivity index (χ3v) is 3.34. The number of nitrogens with two attached hydrogens (primary N) is 1. The van der Waals surface area contributed by atoms with Crippen LogP contribution in [0.4, 0.5) is 21.5 Å². The molecule has 5 heteroatoms. The Morgan fingerprint density at radius 3 is 2.59 bits per heavy atom. The minimum atomic E-state index is -0.265. The lowest BCUT2D eigenvalue weighted by Gasteiger charge is -2.11. The minimum Gasteiger partial charge on any atom is -0.397 e. The van der Waals surface area contributed by atoms with Crippen molar-refractivity contribution in [1.29, 1.82) is 0 Å². The zero-order chi connectivity index (χ0) is 12.4. The van der Waals surface area contributed by atoms with Gasteiger partial charge in [0, 0.05) is 8.59 Å². The molecule has 17 heavy (non-hydrogen) atoms. The van der Waals surface area contributed by atoms with Gasteiger partial charge in [-0.3, -0.25) is 0 Å². The Labute approximate surface area is 117 Å². The van der Waals surface area contributed by atoms with Crippen LogP contribution in [0.5, 0.6) is 0 Å². The van der Waals surface area contributed by atoms with Gasteiger partial charge in [-0.2, -0.15) is 0 Å². The molecule has 0 fully saturated rings. The summed E-state index contributed by atoms with van der Waals surface area (Å²) in [6, 6.07) is 9.68. The molecule has 2 rings (SSSR count). The van der Waals surface area contributed by atoms with Crippen LogP contribution in [0.2, 0.25) is 5.02 Å². The quantitative estimate of drug-likeness (QED) is 0.613. The number of benzene rings is 2. The van der Waals surface area contributed by atoms with Crippen molar-refractivity contribution in [1.82, 2.24) is 0 Å². The van der Waals surface area contributed by atoms with E-state index >= 15 is 0 Å². The van der Waals surface area contributed by atoms with Gasteiger partial charge >= 0.3 is 0 Å². The van der Waals surface area contributed by atoms with Crippen LogP contribution in [0.3, 0.4) is 0 Å². The molecule has 0 saturated carbocycles. The summed E-state index contributed by atoms with van der Waals surface area (Å²) in [6.45, 7) is 0. The van der Waals surface area contributed by atoms with Crippen LogP contribution >= 0.6 is 34.2 Å². The number of halogens is 3. The molecule has 0 saturated heterocycles. The average molecular weight is 363 g/mol. The molecule has 0 aliphatic rings. The first-order valence-corrected chi connectivity index (χ1v) is 6.29. The van der Waals surface area contributed by atoms with Crippen molar-refractivity contribution >= 4 is 51.3 Å². The average Bonchev–Trinajstić information content (AvgIpc) is 2.27. The lowest BCUT2D eigenvalue weighted by Crippen LogP contribution is -1.98.